The Morgan fingerprint density at radius 1 is 1.06 bits per heavy atom. The van der Waals surface area contributed by atoms with Crippen LogP contribution in [0.5, 0.6) is 0 Å². The number of hydrogen-bond acceptors (Lipinski definition) is 5. The number of carbonyl (C=O) groups is 3. The molecule has 0 unspecified atom stereocenters. The highest BCUT2D eigenvalue weighted by molar-refractivity contribution is 6.00. The van der Waals surface area contributed by atoms with E-state index in [0.717, 1.165) is 10.9 Å². The summed E-state index contributed by atoms with van der Waals surface area (Å²) in [7, 11) is 1.79. The lowest BCUT2D eigenvalue weighted by molar-refractivity contribution is -0.137. The van der Waals surface area contributed by atoms with Crippen molar-refractivity contribution in [3.05, 3.63) is 48.0 Å². The molecule has 4 aromatic rings. The molecule has 0 bridgehead atoms. The van der Waals surface area contributed by atoms with Crippen molar-refractivity contribution < 1.29 is 23.9 Å². The minimum absolute atomic E-state index is 0.00625. The number of halogens is 1. The molecule has 0 aliphatic carbocycles. The van der Waals surface area contributed by atoms with Crippen molar-refractivity contribution in [1.82, 2.24) is 30.2 Å². The van der Waals surface area contributed by atoms with Crippen molar-refractivity contribution in [3.8, 4) is 11.1 Å². The summed E-state index contributed by atoms with van der Waals surface area (Å²) < 4.78 is 18.4. The first-order valence-electron chi connectivity index (χ1n) is 11.0. The second kappa shape index (κ2) is 9.53. The number of rotatable bonds is 8. The number of benzene rings is 2. The molecule has 10 nitrogen and oxygen atoms in total. The minimum Gasteiger partial charge on any atom is -0.480 e. The largest absolute Gasteiger partial charge is 0.480 e. The van der Waals surface area contributed by atoms with E-state index in [0.29, 0.717) is 27.7 Å². The van der Waals surface area contributed by atoms with Crippen LogP contribution in [0.25, 0.3) is 32.9 Å². The first-order valence-corrected chi connectivity index (χ1v) is 11.0. The van der Waals surface area contributed by atoms with E-state index in [4.69, 9.17) is 5.11 Å². The second-order valence-electron chi connectivity index (χ2n) is 8.50. The Morgan fingerprint density at radius 2 is 1.80 bits per heavy atom. The van der Waals surface area contributed by atoms with Gasteiger partial charge in [-0.1, -0.05) is 26.0 Å². The van der Waals surface area contributed by atoms with Crippen LogP contribution in [-0.2, 0) is 28.0 Å². The highest BCUT2D eigenvalue weighted by atomic mass is 19.1. The summed E-state index contributed by atoms with van der Waals surface area (Å²) >= 11 is 0. The number of aromatic nitrogens is 4. The summed E-state index contributed by atoms with van der Waals surface area (Å²) in [5.74, 6) is -2.65. The standard InChI is InChI=1S/C24H25FN6O4/c1-13(2)24-23-15(16-8-19-14(7-17(16)25)9-28-30(19)3)5-4-6-18(23)31(29-24)12-21(33)26-10-20(32)27-11-22(34)35/h4-9,13H,10-12H2,1-3H3,(H,26,33)(H,27,32)(H,34,35). The molecule has 4 rings (SSSR count). The number of aliphatic carboxylic acids is 1. The van der Waals surface area contributed by atoms with Gasteiger partial charge in [-0.3, -0.25) is 23.7 Å². The number of fused-ring (bicyclic) bond motifs is 2. The zero-order valence-electron chi connectivity index (χ0n) is 19.5. The van der Waals surface area contributed by atoms with Crippen LogP contribution in [0.3, 0.4) is 0 Å². The van der Waals surface area contributed by atoms with Crippen molar-refractivity contribution >= 4 is 39.6 Å². The lowest BCUT2D eigenvalue weighted by atomic mass is 9.95. The van der Waals surface area contributed by atoms with E-state index >= 15 is 4.39 Å². The van der Waals surface area contributed by atoms with E-state index in [2.05, 4.69) is 20.8 Å². The van der Waals surface area contributed by atoms with Crippen LogP contribution in [0, 0.1) is 5.82 Å². The van der Waals surface area contributed by atoms with Crippen LogP contribution in [0.2, 0.25) is 0 Å². The van der Waals surface area contributed by atoms with Crippen LogP contribution in [0.1, 0.15) is 25.5 Å². The Bertz CT molecular complexity index is 1460. The van der Waals surface area contributed by atoms with Gasteiger partial charge >= 0.3 is 5.97 Å². The maximum absolute atomic E-state index is 15.2. The molecule has 0 radical (unpaired) electrons. The molecule has 2 heterocycles. The maximum Gasteiger partial charge on any atom is 0.322 e. The van der Waals surface area contributed by atoms with Gasteiger partial charge in [-0.05, 0) is 29.7 Å². The Morgan fingerprint density at radius 3 is 2.51 bits per heavy atom. The molecular formula is C24H25FN6O4. The maximum atomic E-state index is 15.2. The van der Waals surface area contributed by atoms with Crippen molar-refractivity contribution in [2.45, 2.75) is 26.3 Å². The Kier molecular flexibility index (Phi) is 6.50. The lowest BCUT2D eigenvalue weighted by Gasteiger charge is -2.10. The van der Waals surface area contributed by atoms with Gasteiger partial charge in [0.25, 0.3) is 0 Å². The number of carboxylic acid groups (broad SMARTS) is 1. The number of amides is 2. The quantitative estimate of drug-likeness (QED) is 0.354. The highest BCUT2D eigenvalue weighted by Gasteiger charge is 2.21. The first kappa shape index (κ1) is 23.9. The Hall–Kier alpha value is -4.28. The van der Waals surface area contributed by atoms with E-state index in [-0.39, 0.29) is 24.8 Å². The molecule has 0 saturated heterocycles. The average molecular weight is 481 g/mol. The predicted molar refractivity (Wildman–Crippen MR) is 127 cm³/mol. The predicted octanol–water partition coefficient (Wildman–Crippen LogP) is 2.17. The van der Waals surface area contributed by atoms with Crippen LogP contribution in [-0.4, -0.2) is 55.5 Å². The second-order valence-corrected chi connectivity index (χ2v) is 8.50. The Balaban J connectivity index is 1.68. The summed E-state index contributed by atoms with van der Waals surface area (Å²) in [6, 6.07) is 8.64. The van der Waals surface area contributed by atoms with E-state index in [9.17, 15) is 14.4 Å². The molecule has 0 aliphatic rings. The molecule has 0 saturated carbocycles. The molecule has 0 spiro atoms. The van der Waals surface area contributed by atoms with Crippen LogP contribution in [0.4, 0.5) is 4.39 Å². The minimum atomic E-state index is -1.18. The van der Waals surface area contributed by atoms with Crippen molar-refractivity contribution in [1.29, 1.82) is 0 Å². The van der Waals surface area contributed by atoms with Crippen molar-refractivity contribution in [2.75, 3.05) is 13.1 Å². The van der Waals surface area contributed by atoms with Gasteiger partial charge in [0, 0.05) is 23.4 Å². The molecule has 35 heavy (non-hydrogen) atoms. The fourth-order valence-corrected chi connectivity index (χ4v) is 3.99. The normalized spacial score (nSPS) is 11.3. The van der Waals surface area contributed by atoms with Gasteiger partial charge in [-0.15, -0.1) is 0 Å². The zero-order chi connectivity index (χ0) is 25.3. The van der Waals surface area contributed by atoms with Crippen molar-refractivity contribution in [3.63, 3.8) is 0 Å². The summed E-state index contributed by atoms with van der Waals surface area (Å²) in [4.78, 5) is 34.7. The monoisotopic (exact) mass is 480 g/mol. The zero-order valence-corrected chi connectivity index (χ0v) is 19.5. The van der Waals surface area contributed by atoms with Crippen molar-refractivity contribution in [2.24, 2.45) is 7.05 Å². The van der Waals surface area contributed by atoms with Gasteiger partial charge in [-0.25, -0.2) is 4.39 Å². The third-order valence-corrected chi connectivity index (χ3v) is 5.65. The number of carbonyl (C=O) groups excluding carboxylic acids is 2. The molecular weight excluding hydrogens is 455 g/mol. The van der Waals surface area contributed by atoms with Crippen LogP contribution >= 0.6 is 0 Å². The molecule has 2 aromatic carbocycles. The highest BCUT2D eigenvalue weighted by Crippen LogP contribution is 2.36. The molecule has 2 aromatic heterocycles. The number of aryl methyl sites for hydroxylation is 1. The topological polar surface area (TPSA) is 131 Å². The fourth-order valence-electron chi connectivity index (χ4n) is 3.99. The SMILES string of the molecule is CC(C)c1nn(CC(=O)NCC(=O)NCC(=O)O)c2cccc(-c3cc4c(cnn4C)cc3F)c12. The molecule has 11 heteroatoms. The van der Waals surface area contributed by atoms with Gasteiger partial charge in [-0.2, -0.15) is 10.2 Å². The number of carboxylic acids is 1. The smallest absolute Gasteiger partial charge is 0.322 e. The molecule has 0 fully saturated rings. The summed E-state index contributed by atoms with van der Waals surface area (Å²) in [5, 5.41) is 23.5. The third kappa shape index (κ3) is 4.84. The van der Waals surface area contributed by atoms with Gasteiger partial charge < -0.3 is 15.7 Å². The fraction of sp³-hybridized carbons (Fsp3) is 0.292. The van der Waals surface area contributed by atoms with Crippen LogP contribution in [0.15, 0.2) is 36.5 Å². The summed E-state index contributed by atoms with van der Waals surface area (Å²) in [6.07, 6.45) is 1.61. The summed E-state index contributed by atoms with van der Waals surface area (Å²) in [5.41, 5.74) is 3.23. The molecule has 182 valence electrons. The van der Waals surface area contributed by atoms with Gasteiger partial charge in [0.1, 0.15) is 18.9 Å². The van der Waals surface area contributed by atoms with E-state index in [1.807, 2.05) is 26.0 Å². The molecule has 0 aliphatic heterocycles. The van der Waals surface area contributed by atoms with Crippen LogP contribution < -0.4 is 10.6 Å². The number of hydrogen-bond donors (Lipinski definition) is 3. The van der Waals surface area contributed by atoms with E-state index in [1.165, 1.54) is 10.7 Å². The molecule has 3 N–H and O–H groups in total. The molecule has 0 atom stereocenters. The number of nitrogens with one attached hydrogen (secondary N) is 2. The molecule has 2 amide bonds. The summed E-state index contributed by atoms with van der Waals surface area (Å²) in [6.45, 7) is 2.89. The van der Waals surface area contributed by atoms with Gasteiger partial charge in [0.05, 0.1) is 29.5 Å². The van der Waals surface area contributed by atoms with E-state index < -0.39 is 24.3 Å². The van der Waals surface area contributed by atoms with E-state index in [1.54, 1.807) is 30.1 Å². The Labute approximate surface area is 199 Å². The average Bonchev–Trinajstić information content (AvgIpc) is 3.36. The first-order chi connectivity index (χ1) is 16.7. The van der Waals surface area contributed by atoms with Gasteiger partial charge in [0.15, 0.2) is 0 Å². The third-order valence-electron chi connectivity index (χ3n) is 5.65. The van der Waals surface area contributed by atoms with Gasteiger partial charge in [0.2, 0.25) is 11.8 Å². The number of nitrogens with zero attached hydrogens (tertiary/aromatic N) is 4. The lowest BCUT2D eigenvalue weighted by Crippen LogP contribution is -2.40.